The van der Waals surface area contributed by atoms with Gasteiger partial charge in [0.15, 0.2) is 0 Å². The van der Waals surface area contributed by atoms with Crippen molar-refractivity contribution >= 4 is 49.7 Å². The minimum atomic E-state index is -3.57. The number of hydrogen-bond acceptors (Lipinski definition) is 5. The van der Waals surface area contributed by atoms with Crippen LogP contribution in [0.4, 0.5) is 0 Å². The summed E-state index contributed by atoms with van der Waals surface area (Å²) in [5.74, 6) is 0.00507. The summed E-state index contributed by atoms with van der Waals surface area (Å²) >= 11 is 6.42. The average Bonchev–Trinajstić information content (AvgIpc) is 3.18. The van der Waals surface area contributed by atoms with Crippen LogP contribution in [-0.4, -0.2) is 48.9 Å². The van der Waals surface area contributed by atoms with E-state index in [1.54, 1.807) is 62.4 Å². The molecule has 0 bridgehead atoms. The van der Waals surface area contributed by atoms with Crippen LogP contribution in [0.25, 0.3) is 22.1 Å². The summed E-state index contributed by atoms with van der Waals surface area (Å²) in [6.45, 7) is 4.40. The Bertz CT molecular complexity index is 1200. The zero-order valence-corrected chi connectivity index (χ0v) is 18.4. The number of hydrogen-bond donors (Lipinski definition) is 1. The molecule has 0 spiro atoms. The highest BCUT2D eigenvalue weighted by Gasteiger charge is 2.22. The predicted octanol–water partition coefficient (Wildman–Crippen LogP) is 4.12. The number of carbonyl (C=O) groups is 1. The summed E-state index contributed by atoms with van der Waals surface area (Å²) in [5.41, 5.74) is 2.40. The number of fused-ring (bicyclic) bond motifs is 1. The highest BCUT2D eigenvalue weighted by molar-refractivity contribution is 7.89. The molecule has 0 radical (unpaired) electrons. The smallest absolute Gasteiger partial charge is 0.337 e. The minimum absolute atomic E-state index is 0.201. The van der Waals surface area contributed by atoms with E-state index >= 15 is 0 Å². The SMILES string of the molecule is CCN(CC)S(=O)(=O)c1ccc2nc(C(Cl)=Cc3ccc(C(=O)OC)cc3)[nH]c2c1. The van der Waals surface area contributed by atoms with Crippen LogP contribution in [-0.2, 0) is 14.8 Å². The molecule has 1 heterocycles. The number of ether oxygens (including phenoxy) is 1. The molecule has 0 amide bonds. The van der Waals surface area contributed by atoms with Gasteiger partial charge in [-0.1, -0.05) is 37.6 Å². The Morgan fingerprint density at radius 2 is 1.83 bits per heavy atom. The fourth-order valence-electron chi connectivity index (χ4n) is 3.02. The highest BCUT2D eigenvalue weighted by Crippen LogP contribution is 2.25. The molecule has 0 fully saturated rings. The van der Waals surface area contributed by atoms with Gasteiger partial charge >= 0.3 is 5.97 Å². The Kier molecular flexibility index (Phi) is 6.60. The van der Waals surface area contributed by atoms with Crippen LogP contribution < -0.4 is 0 Å². The summed E-state index contributed by atoms with van der Waals surface area (Å²) < 4.78 is 31.6. The van der Waals surface area contributed by atoms with Gasteiger partial charge in [-0.2, -0.15) is 4.31 Å². The van der Waals surface area contributed by atoms with Crippen LogP contribution in [0.3, 0.4) is 0 Å². The Morgan fingerprint density at radius 3 is 2.43 bits per heavy atom. The van der Waals surface area contributed by atoms with E-state index in [4.69, 9.17) is 11.6 Å². The molecule has 0 saturated carbocycles. The second-order valence-corrected chi connectivity index (χ2v) is 8.80. The lowest BCUT2D eigenvalue weighted by Crippen LogP contribution is -2.30. The number of imidazole rings is 1. The standard InChI is InChI=1S/C21H22ClN3O4S/c1-4-25(5-2)30(27,28)16-10-11-18-19(13-16)24-20(23-18)17(22)12-14-6-8-15(9-7-14)21(26)29-3/h6-13H,4-5H2,1-3H3,(H,23,24). The Morgan fingerprint density at radius 1 is 1.17 bits per heavy atom. The molecule has 0 aliphatic heterocycles. The average molecular weight is 448 g/mol. The minimum Gasteiger partial charge on any atom is -0.465 e. The van der Waals surface area contributed by atoms with Crippen molar-refractivity contribution in [2.45, 2.75) is 18.7 Å². The van der Waals surface area contributed by atoms with E-state index in [-0.39, 0.29) is 4.90 Å². The molecule has 7 nitrogen and oxygen atoms in total. The summed E-state index contributed by atoms with van der Waals surface area (Å²) in [6.07, 6.45) is 1.70. The van der Waals surface area contributed by atoms with E-state index in [2.05, 4.69) is 14.7 Å². The van der Waals surface area contributed by atoms with Crippen LogP contribution >= 0.6 is 11.6 Å². The number of halogens is 1. The number of methoxy groups -OCH3 is 1. The summed E-state index contributed by atoms with van der Waals surface area (Å²) in [5, 5.41) is 0.352. The molecule has 2 aromatic carbocycles. The Hall–Kier alpha value is -2.68. The molecule has 30 heavy (non-hydrogen) atoms. The molecular formula is C21H22ClN3O4S. The largest absolute Gasteiger partial charge is 0.465 e. The van der Waals surface area contributed by atoms with Crippen LogP contribution in [0, 0.1) is 0 Å². The van der Waals surface area contributed by atoms with Gasteiger partial charge < -0.3 is 9.72 Å². The van der Waals surface area contributed by atoms with Crippen molar-refractivity contribution in [3.05, 3.63) is 59.4 Å². The molecule has 9 heteroatoms. The van der Waals surface area contributed by atoms with Gasteiger partial charge in [-0.05, 0) is 42.0 Å². The maximum Gasteiger partial charge on any atom is 0.337 e. The summed E-state index contributed by atoms with van der Waals surface area (Å²) in [6, 6.07) is 11.5. The van der Waals surface area contributed by atoms with Crippen molar-refractivity contribution < 1.29 is 17.9 Å². The Labute approximate surface area is 180 Å². The Balaban J connectivity index is 1.91. The molecule has 0 aliphatic carbocycles. The molecule has 158 valence electrons. The van der Waals surface area contributed by atoms with Gasteiger partial charge in [0.05, 0.1) is 33.6 Å². The summed E-state index contributed by atoms with van der Waals surface area (Å²) in [4.78, 5) is 19.2. The predicted molar refractivity (Wildman–Crippen MR) is 118 cm³/mol. The van der Waals surface area contributed by atoms with Crippen molar-refractivity contribution in [2.75, 3.05) is 20.2 Å². The number of H-pyrrole nitrogens is 1. The molecule has 0 atom stereocenters. The van der Waals surface area contributed by atoms with Crippen molar-refractivity contribution in [2.24, 2.45) is 0 Å². The maximum atomic E-state index is 12.7. The number of nitrogens with one attached hydrogen (secondary N) is 1. The number of nitrogens with zero attached hydrogens (tertiary/aromatic N) is 2. The van der Waals surface area contributed by atoms with E-state index in [1.165, 1.54) is 11.4 Å². The van der Waals surface area contributed by atoms with Crippen molar-refractivity contribution in [3.8, 4) is 0 Å². The van der Waals surface area contributed by atoms with E-state index in [0.29, 0.717) is 40.5 Å². The van der Waals surface area contributed by atoms with Gasteiger partial charge in [-0.25, -0.2) is 18.2 Å². The zero-order chi connectivity index (χ0) is 21.9. The van der Waals surface area contributed by atoms with Gasteiger partial charge in [0.2, 0.25) is 10.0 Å². The third kappa shape index (κ3) is 4.40. The number of aromatic nitrogens is 2. The van der Waals surface area contributed by atoms with Gasteiger partial charge in [0, 0.05) is 13.1 Å². The number of esters is 1. The van der Waals surface area contributed by atoms with Crippen molar-refractivity contribution in [3.63, 3.8) is 0 Å². The van der Waals surface area contributed by atoms with Gasteiger partial charge in [-0.3, -0.25) is 0 Å². The quantitative estimate of drug-likeness (QED) is 0.550. The molecule has 3 rings (SSSR count). The number of carbonyl (C=O) groups excluding carboxylic acids is 1. The first-order valence-electron chi connectivity index (χ1n) is 9.36. The molecule has 1 aromatic heterocycles. The number of rotatable bonds is 7. The normalized spacial score (nSPS) is 12.5. The van der Waals surface area contributed by atoms with Crippen LogP contribution in [0.5, 0.6) is 0 Å². The van der Waals surface area contributed by atoms with Crippen molar-refractivity contribution in [1.29, 1.82) is 0 Å². The molecule has 0 saturated heterocycles. The number of sulfonamides is 1. The fraction of sp³-hybridized carbons (Fsp3) is 0.238. The second kappa shape index (κ2) is 8.99. The first-order chi connectivity index (χ1) is 14.3. The first kappa shape index (κ1) is 22.0. The van der Waals surface area contributed by atoms with E-state index in [1.807, 2.05) is 0 Å². The van der Waals surface area contributed by atoms with Crippen LogP contribution in [0.15, 0.2) is 47.4 Å². The molecular weight excluding hydrogens is 426 g/mol. The lowest BCUT2D eigenvalue weighted by Gasteiger charge is -2.18. The van der Waals surface area contributed by atoms with E-state index in [9.17, 15) is 13.2 Å². The number of benzene rings is 2. The topological polar surface area (TPSA) is 92.4 Å². The first-order valence-corrected chi connectivity index (χ1v) is 11.2. The monoisotopic (exact) mass is 447 g/mol. The highest BCUT2D eigenvalue weighted by atomic mass is 35.5. The lowest BCUT2D eigenvalue weighted by molar-refractivity contribution is 0.0600. The number of aromatic amines is 1. The van der Waals surface area contributed by atoms with E-state index < -0.39 is 16.0 Å². The van der Waals surface area contributed by atoms with Gasteiger partial charge in [0.1, 0.15) is 5.82 Å². The summed E-state index contributed by atoms with van der Waals surface area (Å²) in [7, 11) is -2.24. The molecule has 0 unspecified atom stereocenters. The van der Waals surface area contributed by atoms with Crippen LogP contribution in [0.2, 0.25) is 0 Å². The molecule has 3 aromatic rings. The van der Waals surface area contributed by atoms with Gasteiger partial charge in [0.25, 0.3) is 0 Å². The maximum absolute atomic E-state index is 12.7. The second-order valence-electron chi connectivity index (χ2n) is 6.46. The van der Waals surface area contributed by atoms with Crippen LogP contribution in [0.1, 0.15) is 35.6 Å². The van der Waals surface area contributed by atoms with E-state index in [0.717, 1.165) is 5.56 Å². The third-order valence-electron chi connectivity index (χ3n) is 4.65. The van der Waals surface area contributed by atoms with Gasteiger partial charge in [-0.15, -0.1) is 0 Å². The third-order valence-corrected chi connectivity index (χ3v) is 6.98. The lowest BCUT2D eigenvalue weighted by atomic mass is 10.1. The fourth-order valence-corrected chi connectivity index (χ4v) is 4.72. The van der Waals surface area contributed by atoms with Crippen molar-refractivity contribution in [1.82, 2.24) is 14.3 Å². The zero-order valence-electron chi connectivity index (χ0n) is 16.8. The molecule has 0 aliphatic rings. The molecule has 1 N–H and O–H groups in total.